The number of anilines is 2. The zero-order chi connectivity index (χ0) is 16.1. The lowest BCUT2D eigenvalue weighted by Crippen LogP contribution is -2.16. The van der Waals surface area contributed by atoms with Gasteiger partial charge in [-0.25, -0.2) is 9.97 Å². The molecule has 1 heterocycles. The molecule has 0 saturated heterocycles. The van der Waals surface area contributed by atoms with E-state index in [1.807, 2.05) is 25.1 Å². The first-order valence-electron chi connectivity index (χ1n) is 7.10. The number of carbonyl (C=O) groups is 1. The van der Waals surface area contributed by atoms with Gasteiger partial charge in [0.15, 0.2) is 0 Å². The predicted octanol–water partition coefficient (Wildman–Crippen LogP) is 3.87. The van der Waals surface area contributed by atoms with E-state index in [2.05, 4.69) is 50.4 Å². The maximum Gasteiger partial charge on any atom is 0.274 e. The first kappa shape index (κ1) is 16.4. The third-order valence-electron chi connectivity index (χ3n) is 2.97. The van der Waals surface area contributed by atoms with Gasteiger partial charge in [-0.2, -0.15) is 0 Å². The van der Waals surface area contributed by atoms with Crippen LogP contribution in [-0.4, -0.2) is 22.4 Å². The van der Waals surface area contributed by atoms with Crippen LogP contribution in [0.2, 0.25) is 0 Å². The molecule has 0 bridgehead atoms. The third-order valence-corrected chi connectivity index (χ3v) is 3.86. The van der Waals surface area contributed by atoms with E-state index in [-0.39, 0.29) is 5.91 Å². The number of hydrogen-bond donors (Lipinski definition) is 2. The lowest BCUT2D eigenvalue weighted by atomic mass is 10.2. The fourth-order valence-electron chi connectivity index (χ4n) is 1.78. The van der Waals surface area contributed by atoms with Crippen LogP contribution < -0.4 is 10.6 Å². The first-order valence-corrected chi connectivity index (χ1v) is 7.89. The highest BCUT2D eigenvalue weighted by molar-refractivity contribution is 9.10. The minimum absolute atomic E-state index is 0.253. The molecule has 0 fully saturated rings. The van der Waals surface area contributed by atoms with Crippen molar-refractivity contribution in [1.82, 2.24) is 9.97 Å². The van der Waals surface area contributed by atoms with Crippen LogP contribution >= 0.6 is 15.9 Å². The second-order valence-electron chi connectivity index (χ2n) is 5.46. The van der Waals surface area contributed by atoms with Crippen LogP contribution in [0.15, 0.2) is 34.9 Å². The first-order chi connectivity index (χ1) is 10.5. The average molecular weight is 363 g/mol. The number of aromatic nitrogens is 2. The zero-order valence-electron chi connectivity index (χ0n) is 12.9. The summed E-state index contributed by atoms with van der Waals surface area (Å²) in [6, 6.07) is 7.25. The Labute approximate surface area is 138 Å². The molecule has 2 rings (SSSR count). The van der Waals surface area contributed by atoms with Crippen LogP contribution in [0.1, 0.15) is 29.9 Å². The van der Waals surface area contributed by atoms with Gasteiger partial charge in [0.2, 0.25) is 5.95 Å². The van der Waals surface area contributed by atoms with Gasteiger partial charge >= 0.3 is 0 Å². The summed E-state index contributed by atoms with van der Waals surface area (Å²) < 4.78 is 1.01. The molecule has 116 valence electrons. The van der Waals surface area contributed by atoms with Crippen LogP contribution in [0, 0.1) is 12.8 Å². The molecule has 0 aliphatic heterocycles. The van der Waals surface area contributed by atoms with Crippen molar-refractivity contribution in [3.05, 3.63) is 46.2 Å². The van der Waals surface area contributed by atoms with Gasteiger partial charge in [-0.3, -0.25) is 4.79 Å². The highest BCUT2D eigenvalue weighted by Gasteiger charge is 2.10. The molecular formula is C16H19BrN4O. The minimum atomic E-state index is -0.253. The minimum Gasteiger partial charge on any atom is -0.354 e. The summed E-state index contributed by atoms with van der Waals surface area (Å²) in [5, 5.41) is 5.95. The van der Waals surface area contributed by atoms with E-state index in [1.54, 1.807) is 12.3 Å². The van der Waals surface area contributed by atoms with E-state index < -0.39 is 0 Å². The summed E-state index contributed by atoms with van der Waals surface area (Å²) in [5.41, 5.74) is 2.13. The van der Waals surface area contributed by atoms with E-state index in [1.165, 1.54) is 0 Å². The largest absolute Gasteiger partial charge is 0.354 e. The summed E-state index contributed by atoms with van der Waals surface area (Å²) in [5.74, 6) is 0.692. The third kappa shape index (κ3) is 4.53. The van der Waals surface area contributed by atoms with Crippen molar-refractivity contribution in [2.24, 2.45) is 5.92 Å². The molecule has 1 amide bonds. The van der Waals surface area contributed by atoms with Crippen molar-refractivity contribution in [1.29, 1.82) is 0 Å². The fraction of sp³-hybridized carbons (Fsp3) is 0.312. The van der Waals surface area contributed by atoms with Gasteiger partial charge in [-0.05, 0) is 42.7 Å². The molecule has 1 aromatic heterocycles. The van der Waals surface area contributed by atoms with Crippen molar-refractivity contribution in [2.45, 2.75) is 20.8 Å². The van der Waals surface area contributed by atoms with Gasteiger partial charge in [-0.1, -0.05) is 29.8 Å². The van der Waals surface area contributed by atoms with Gasteiger partial charge in [-0.15, -0.1) is 0 Å². The van der Waals surface area contributed by atoms with Crippen LogP contribution in [0.25, 0.3) is 0 Å². The van der Waals surface area contributed by atoms with Crippen molar-refractivity contribution in [3.63, 3.8) is 0 Å². The van der Waals surface area contributed by atoms with Gasteiger partial charge in [0.1, 0.15) is 5.69 Å². The Morgan fingerprint density at radius 1 is 1.32 bits per heavy atom. The Morgan fingerprint density at radius 2 is 2.09 bits per heavy atom. The highest BCUT2D eigenvalue weighted by Crippen LogP contribution is 2.20. The monoisotopic (exact) mass is 362 g/mol. The molecule has 1 aromatic carbocycles. The van der Waals surface area contributed by atoms with E-state index in [0.717, 1.165) is 22.3 Å². The quantitative estimate of drug-likeness (QED) is 0.846. The summed E-state index contributed by atoms with van der Waals surface area (Å²) in [7, 11) is 0. The molecular weight excluding hydrogens is 344 g/mol. The summed E-state index contributed by atoms with van der Waals surface area (Å²) >= 11 is 3.44. The average Bonchev–Trinajstić information content (AvgIpc) is 2.49. The van der Waals surface area contributed by atoms with Crippen molar-refractivity contribution in [3.8, 4) is 0 Å². The standard InChI is InChI=1S/C16H19BrN4O/c1-10(2)9-19-16-18-7-6-14(21-16)15(22)20-12-4-5-13(17)11(3)8-12/h4-8,10H,9H2,1-3H3,(H,20,22)(H,18,19,21). The van der Waals surface area contributed by atoms with Crippen molar-refractivity contribution in [2.75, 3.05) is 17.2 Å². The van der Waals surface area contributed by atoms with E-state index in [4.69, 9.17) is 0 Å². The Balaban J connectivity index is 2.08. The van der Waals surface area contributed by atoms with Gasteiger partial charge in [0.25, 0.3) is 5.91 Å². The van der Waals surface area contributed by atoms with Crippen LogP contribution in [0.4, 0.5) is 11.6 Å². The van der Waals surface area contributed by atoms with Gasteiger partial charge < -0.3 is 10.6 Å². The van der Waals surface area contributed by atoms with Crippen molar-refractivity contribution >= 4 is 33.5 Å². The van der Waals surface area contributed by atoms with Crippen LogP contribution in [-0.2, 0) is 0 Å². The highest BCUT2D eigenvalue weighted by atomic mass is 79.9. The van der Waals surface area contributed by atoms with Crippen LogP contribution in [0.5, 0.6) is 0 Å². The zero-order valence-corrected chi connectivity index (χ0v) is 14.4. The topological polar surface area (TPSA) is 66.9 Å². The SMILES string of the molecule is Cc1cc(NC(=O)c2ccnc(NCC(C)C)n2)ccc1Br. The number of carbonyl (C=O) groups excluding carboxylic acids is 1. The number of aryl methyl sites for hydroxylation is 1. The molecule has 0 saturated carbocycles. The molecule has 2 aromatic rings. The number of halogens is 1. The maximum absolute atomic E-state index is 12.3. The van der Waals surface area contributed by atoms with E-state index in [0.29, 0.717) is 17.6 Å². The molecule has 0 radical (unpaired) electrons. The Kier molecular flexibility index (Phi) is 5.49. The summed E-state index contributed by atoms with van der Waals surface area (Å²) in [4.78, 5) is 20.6. The second kappa shape index (κ2) is 7.35. The Hall–Kier alpha value is -1.95. The number of hydrogen-bond acceptors (Lipinski definition) is 4. The Morgan fingerprint density at radius 3 is 2.77 bits per heavy atom. The normalized spacial score (nSPS) is 10.6. The summed E-state index contributed by atoms with van der Waals surface area (Å²) in [6.07, 6.45) is 1.58. The molecule has 0 aliphatic carbocycles. The number of amides is 1. The van der Waals surface area contributed by atoms with E-state index >= 15 is 0 Å². The molecule has 6 heteroatoms. The molecule has 0 atom stereocenters. The van der Waals surface area contributed by atoms with E-state index in [9.17, 15) is 4.79 Å². The molecule has 0 spiro atoms. The van der Waals surface area contributed by atoms with Crippen molar-refractivity contribution < 1.29 is 4.79 Å². The molecule has 5 nitrogen and oxygen atoms in total. The number of rotatable bonds is 5. The maximum atomic E-state index is 12.3. The van der Waals surface area contributed by atoms with Gasteiger partial charge in [0, 0.05) is 22.9 Å². The number of nitrogens with zero attached hydrogens (tertiary/aromatic N) is 2. The molecule has 0 aliphatic rings. The lowest BCUT2D eigenvalue weighted by molar-refractivity contribution is 0.102. The second-order valence-corrected chi connectivity index (χ2v) is 6.31. The smallest absolute Gasteiger partial charge is 0.274 e. The Bertz CT molecular complexity index is 673. The lowest BCUT2D eigenvalue weighted by Gasteiger charge is -2.09. The summed E-state index contributed by atoms with van der Waals surface area (Å²) in [6.45, 7) is 6.92. The fourth-order valence-corrected chi connectivity index (χ4v) is 2.03. The van der Waals surface area contributed by atoms with Gasteiger partial charge in [0.05, 0.1) is 0 Å². The van der Waals surface area contributed by atoms with Crippen LogP contribution in [0.3, 0.4) is 0 Å². The number of benzene rings is 1. The molecule has 0 unspecified atom stereocenters. The molecule has 22 heavy (non-hydrogen) atoms. The number of nitrogens with one attached hydrogen (secondary N) is 2. The molecule has 2 N–H and O–H groups in total. The predicted molar refractivity (Wildman–Crippen MR) is 92.2 cm³/mol.